The van der Waals surface area contributed by atoms with Crippen LogP contribution in [0.5, 0.6) is 0 Å². The van der Waals surface area contributed by atoms with Crippen molar-refractivity contribution in [2.24, 2.45) is 0 Å². The molecule has 136 valence electrons. The molecule has 0 aliphatic rings. The molecule has 1 aromatic heterocycles. The molecule has 0 saturated carbocycles. The second kappa shape index (κ2) is 7.72. The second-order valence-corrected chi connectivity index (χ2v) is 6.27. The minimum atomic E-state index is -0.615. The highest BCUT2D eigenvalue weighted by molar-refractivity contribution is 5.80. The molecule has 4 nitrogen and oxygen atoms in total. The summed E-state index contributed by atoms with van der Waals surface area (Å²) in [4.78, 5) is 9.27. The molecule has 29 heavy (non-hydrogen) atoms. The van der Waals surface area contributed by atoms with E-state index >= 15 is 0 Å². The lowest BCUT2D eigenvalue weighted by atomic mass is 9.99. The Kier molecular flexibility index (Phi) is 4.80. The predicted octanol–water partition coefficient (Wildman–Crippen LogP) is 5.36. The zero-order valence-corrected chi connectivity index (χ0v) is 15.2. The largest absolute Gasteiger partial charge is 0.227 e. The third kappa shape index (κ3) is 3.45. The van der Waals surface area contributed by atoms with E-state index in [1.807, 2.05) is 66.7 Å². The van der Waals surface area contributed by atoms with Gasteiger partial charge in [0.25, 0.3) is 0 Å². The van der Waals surface area contributed by atoms with Crippen molar-refractivity contribution in [3.05, 3.63) is 95.8 Å². The molecule has 4 aromatic rings. The fourth-order valence-electron chi connectivity index (χ4n) is 3.06. The minimum absolute atomic E-state index is 0.104. The number of hydrogen-bond acceptors (Lipinski definition) is 4. The van der Waals surface area contributed by atoms with E-state index < -0.39 is 5.82 Å². The summed E-state index contributed by atoms with van der Waals surface area (Å²) in [6.07, 6.45) is 0. The van der Waals surface area contributed by atoms with Crippen LogP contribution >= 0.6 is 0 Å². The van der Waals surface area contributed by atoms with Gasteiger partial charge in [0, 0.05) is 16.7 Å². The SMILES string of the molecule is N#Cc1cc(-c2nc(-c3ccccc3)nc(-c3ccccc3)c2C#N)ccc1F. The van der Waals surface area contributed by atoms with Crippen LogP contribution in [0, 0.1) is 28.5 Å². The van der Waals surface area contributed by atoms with E-state index in [0.29, 0.717) is 22.8 Å². The van der Waals surface area contributed by atoms with E-state index in [0.717, 1.165) is 11.1 Å². The maximum atomic E-state index is 13.8. The second-order valence-electron chi connectivity index (χ2n) is 6.27. The van der Waals surface area contributed by atoms with Crippen LogP contribution in [0.1, 0.15) is 11.1 Å². The maximum Gasteiger partial charge on any atom is 0.160 e. The fourth-order valence-corrected chi connectivity index (χ4v) is 3.06. The Morgan fingerprint density at radius 1 is 0.655 bits per heavy atom. The van der Waals surface area contributed by atoms with Crippen molar-refractivity contribution in [2.45, 2.75) is 0 Å². The Morgan fingerprint density at radius 2 is 1.24 bits per heavy atom. The number of halogens is 1. The first kappa shape index (κ1) is 18.0. The molecule has 5 heteroatoms. The highest BCUT2D eigenvalue weighted by Gasteiger charge is 2.19. The number of benzene rings is 3. The quantitative estimate of drug-likeness (QED) is 0.482. The molecule has 0 radical (unpaired) electrons. The van der Waals surface area contributed by atoms with Gasteiger partial charge in [-0.2, -0.15) is 10.5 Å². The predicted molar refractivity (Wildman–Crippen MR) is 108 cm³/mol. The summed E-state index contributed by atoms with van der Waals surface area (Å²) in [7, 11) is 0. The van der Waals surface area contributed by atoms with Gasteiger partial charge in [-0.25, -0.2) is 14.4 Å². The van der Waals surface area contributed by atoms with E-state index in [2.05, 4.69) is 16.0 Å². The molecule has 0 saturated heterocycles. The van der Waals surface area contributed by atoms with Crippen LogP contribution in [0.4, 0.5) is 4.39 Å². The van der Waals surface area contributed by atoms with Crippen LogP contribution in [0.25, 0.3) is 33.9 Å². The van der Waals surface area contributed by atoms with Gasteiger partial charge in [0.15, 0.2) is 5.82 Å². The first-order chi connectivity index (χ1) is 14.2. The summed E-state index contributed by atoms with van der Waals surface area (Å²) in [5.74, 6) is -0.170. The number of hydrogen-bond donors (Lipinski definition) is 0. The number of nitrogens with zero attached hydrogens (tertiary/aromatic N) is 4. The average molecular weight is 376 g/mol. The fraction of sp³-hybridized carbons (Fsp3) is 0. The molecule has 0 atom stereocenters. The van der Waals surface area contributed by atoms with Crippen molar-refractivity contribution in [2.75, 3.05) is 0 Å². The maximum absolute atomic E-state index is 13.8. The molecular weight excluding hydrogens is 363 g/mol. The van der Waals surface area contributed by atoms with E-state index in [1.54, 1.807) is 0 Å². The Hall–Kier alpha value is -4.35. The van der Waals surface area contributed by atoms with Gasteiger partial charge in [0.05, 0.1) is 17.0 Å². The Labute approximate surface area is 167 Å². The van der Waals surface area contributed by atoms with Crippen molar-refractivity contribution in [1.82, 2.24) is 9.97 Å². The Morgan fingerprint density at radius 3 is 1.83 bits per heavy atom. The summed E-state index contributed by atoms with van der Waals surface area (Å²) < 4.78 is 13.8. The summed E-state index contributed by atoms with van der Waals surface area (Å²) in [5.41, 5.74) is 3.05. The molecule has 1 heterocycles. The minimum Gasteiger partial charge on any atom is -0.227 e. The number of nitriles is 2. The third-order valence-corrected chi connectivity index (χ3v) is 4.46. The van der Waals surface area contributed by atoms with Gasteiger partial charge in [0.2, 0.25) is 0 Å². The molecule has 0 N–H and O–H groups in total. The van der Waals surface area contributed by atoms with E-state index in [4.69, 9.17) is 0 Å². The van der Waals surface area contributed by atoms with Crippen LogP contribution in [0.15, 0.2) is 78.9 Å². The van der Waals surface area contributed by atoms with Gasteiger partial charge in [0.1, 0.15) is 23.5 Å². The topological polar surface area (TPSA) is 73.4 Å². The van der Waals surface area contributed by atoms with Gasteiger partial charge < -0.3 is 0 Å². The molecule has 0 unspecified atom stereocenters. The number of aromatic nitrogens is 2. The lowest BCUT2D eigenvalue weighted by Crippen LogP contribution is -2.01. The molecule has 0 spiro atoms. The molecule has 3 aromatic carbocycles. The van der Waals surface area contributed by atoms with Crippen molar-refractivity contribution in [3.63, 3.8) is 0 Å². The summed E-state index contributed by atoms with van der Waals surface area (Å²) in [6, 6.07) is 26.9. The highest BCUT2D eigenvalue weighted by Crippen LogP contribution is 2.32. The monoisotopic (exact) mass is 376 g/mol. The third-order valence-electron chi connectivity index (χ3n) is 4.46. The van der Waals surface area contributed by atoms with Gasteiger partial charge >= 0.3 is 0 Å². The van der Waals surface area contributed by atoms with Gasteiger partial charge in [-0.1, -0.05) is 60.7 Å². The van der Waals surface area contributed by atoms with Crippen LogP contribution < -0.4 is 0 Å². The summed E-state index contributed by atoms with van der Waals surface area (Å²) in [5, 5.41) is 19.1. The van der Waals surface area contributed by atoms with Crippen molar-refractivity contribution in [3.8, 4) is 46.0 Å². The molecular formula is C24H13FN4. The first-order valence-electron chi connectivity index (χ1n) is 8.84. The zero-order chi connectivity index (χ0) is 20.2. The molecule has 0 bridgehead atoms. The smallest absolute Gasteiger partial charge is 0.160 e. The average Bonchev–Trinajstić information content (AvgIpc) is 2.79. The highest BCUT2D eigenvalue weighted by atomic mass is 19.1. The Bertz CT molecular complexity index is 1270. The molecule has 0 aliphatic carbocycles. The van der Waals surface area contributed by atoms with Crippen LogP contribution in [-0.4, -0.2) is 9.97 Å². The van der Waals surface area contributed by atoms with Crippen LogP contribution in [-0.2, 0) is 0 Å². The lowest BCUT2D eigenvalue weighted by molar-refractivity contribution is 0.624. The van der Waals surface area contributed by atoms with E-state index in [9.17, 15) is 14.9 Å². The zero-order valence-electron chi connectivity index (χ0n) is 15.2. The first-order valence-corrected chi connectivity index (χ1v) is 8.84. The van der Waals surface area contributed by atoms with E-state index in [1.165, 1.54) is 18.2 Å². The van der Waals surface area contributed by atoms with E-state index in [-0.39, 0.29) is 11.1 Å². The van der Waals surface area contributed by atoms with Crippen LogP contribution in [0.2, 0.25) is 0 Å². The molecule has 0 fully saturated rings. The standard InChI is InChI=1S/C24H13FN4/c25-21-12-11-18(13-19(21)14-26)23-20(15-27)22(16-7-3-1-4-8-16)28-24(29-23)17-9-5-2-6-10-17/h1-13H. The molecule has 0 amide bonds. The van der Waals surface area contributed by atoms with Crippen LogP contribution in [0.3, 0.4) is 0 Å². The molecule has 4 rings (SSSR count). The van der Waals surface area contributed by atoms with Gasteiger partial charge in [-0.3, -0.25) is 0 Å². The van der Waals surface area contributed by atoms with Crippen molar-refractivity contribution in [1.29, 1.82) is 10.5 Å². The summed E-state index contributed by atoms with van der Waals surface area (Å²) >= 11 is 0. The normalized spacial score (nSPS) is 10.2. The molecule has 0 aliphatic heterocycles. The van der Waals surface area contributed by atoms with Gasteiger partial charge in [-0.05, 0) is 18.2 Å². The Balaban J connectivity index is 2.04. The van der Waals surface area contributed by atoms with Crippen molar-refractivity contribution < 1.29 is 4.39 Å². The van der Waals surface area contributed by atoms with Gasteiger partial charge in [-0.15, -0.1) is 0 Å². The summed E-state index contributed by atoms with van der Waals surface area (Å²) in [6.45, 7) is 0. The lowest BCUT2D eigenvalue weighted by Gasteiger charge is -2.12. The van der Waals surface area contributed by atoms with Crippen molar-refractivity contribution >= 4 is 0 Å². The number of rotatable bonds is 3.